The molecule has 0 amide bonds. The molecule has 0 bridgehead atoms. The van der Waals surface area contributed by atoms with Crippen LogP contribution in [0.2, 0.25) is 0 Å². The van der Waals surface area contributed by atoms with E-state index >= 15 is 0 Å². The van der Waals surface area contributed by atoms with Gasteiger partial charge in [0, 0.05) is 18.7 Å². The van der Waals surface area contributed by atoms with Crippen LogP contribution in [-0.4, -0.2) is 43.1 Å². The topological polar surface area (TPSA) is 50.7 Å². The van der Waals surface area contributed by atoms with Gasteiger partial charge in [0.1, 0.15) is 18.5 Å². The highest BCUT2D eigenvalue weighted by Crippen LogP contribution is 2.18. The first-order valence-corrected chi connectivity index (χ1v) is 7.28. The highest BCUT2D eigenvalue weighted by Gasteiger charge is 2.27. The maximum absolute atomic E-state index is 10.00. The lowest BCUT2D eigenvalue weighted by atomic mass is 9.95. The van der Waals surface area contributed by atoms with Gasteiger partial charge in [-0.15, -0.1) is 0 Å². The summed E-state index contributed by atoms with van der Waals surface area (Å²) in [5.74, 6) is 0.802. The zero-order chi connectivity index (χ0) is 14.4. The molecule has 1 fully saturated rings. The molecule has 1 aliphatic rings. The van der Waals surface area contributed by atoms with Crippen molar-refractivity contribution in [1.82, 2.24) is 5.32 Å². The quantitative estimate of drug-likeness (QED) is 0.835. The highest BCUT2D eigenvalue weighted by molar-refractivity contribution is 5.27. The van der Waals surface area contributed by atoms with Gasteiger partial charge in [-0.05, 0) is 44.4 Å². The summed E-state index contributed by atoms with van der Waals surface area (Å²) < 4.78 is 11.1. The number of benzene rings is 1. The molecule has 0 spiro atoms. The van der Waals surface area contributed by atoms with E-state index in [0.29, 0.717) is 19.8 Å². The Morgan fingerprint density at radius 2 is 2.35 bits per heavy atom. The standard InChI is InChI=1S/C16H25NO3/c1-13-5-3-6-15(9-13)20-11-14(18)10-17-16(2)7-4-8-19-12-16/h3,5-6,9,14,17-18H,4,7-8,10-12H2,1-2H3. The first-order valence-electron chi connectivity index (χ1n) is 7.28. The van der Waals surface area contributed by atoms with Crippen LogP contribution < -0.4 is 10.1 Å². The van der Waals surface area contributed by atoms with Crippen molar-refractivity contribution in [2.45, 2.75) is 38.3 Å². The van der Waals surface area contributed by atoms with E-state index < -0.39 is 6.10 Å². The van der Waals surface area contributed by atoms with Crippen molar-refractivity contribution in [3.63, 3.8) is 0 Å². The Morgan fingerprint density at radius 3 is 3.05 bits per heavy atom. The van der Waals surface area contributed by atoms with E-state index in [2.05, 4.69) is 12.2 Å². The number of nitrogens with one attached hydrogen (secondary N) is 1. The number of rotatable bonds is 6. The second-order valence-corrected chi connectivity index (χ2v) is 5.88. The molecule has 1 aliphatic heterocycles. The van der Waals surface area contributed by atoms with Crippen LogP contribution in [0.25, 0.3) is 0 Å². The van der Waals surface area contributed by atoms with Gasteiger partial charge in [0.05, 0.1) is 6.61 Å². The van der Waals surface area contributed by atoms with Crippen molar-refractivity contribution < 1.29 is 14.6 Å². The molecule has 112 valence electrons. The van der Waals surface area contributed by atoms with Crippen LogP contribution in [0.4, 0.5) is 0 Å². The molecule has 0 aliphatic carbocycles. The molecular formula is C16H25NO3. The Morgan fingerprint density at radius 1 is 1.50 bits per heavy atom. The molecular weight excluding hydrogens is 254 g/mol. The van der Waals surface area contributed by atoms with Gasteiger partial charge in [-0.2, -0.15) is 0 Å². The van der Waals surface area contributed by atoms with Crippen molar-refractivity contribution >= 4 is 0 Å². The molecule has 2 atom stereocenters. The van der Waals surface area contributed by atoms with Crippen LogP contribution >= 0.6 is 0 Å². The van der Waals surface area contributed by atoms with Gasteiger partial charge in [-0.1, -0.05) is 12.1 Å². The van der Waals surface area contributed by atoms with Crippen molar-refractivity contribution in [2.24, 2.45) is 0 Å². The second-order valence-electron chi connectivity index (χ2n) is 5.88. The summed E-state index contributed by atoms with van der Waals surface area (Å²) in [7, 11) is 0. The Kier molecular flexibility index (Phi) is 5.40. The number of β-amino-alcohol motifs (C(OH)–C–C–N with tert-alkyl or cyclic N) is 1. The summed E-state index contributed by atoms with van der Waals surface area (Å²) in [6.07, 6.45) is 1.63. The number of aliphatic hydroxyl groups is 1. The van der Waals surface area contributed by atoms with Crippen molar-refractivity contribution in [3.8, 4) is 5.75 Å². The highest BCUT2D eigenvalue weighted by atomic mass is 16.5. The molecule has 2 rings (SSSR count). The van der Waals surface area contributed by atoms with Crippen LogP contribution in [0.5, 0.6) is 5.75 Å². The predicted molar refractivity (Wildman–Crippen MR) is 79.1 cm³/mol. The molecule has 0 radical (unpaired) electrons. The molecule has 1 saturated heterocycles. The number of hydrogen-bond acceptors (Lipinski definition) is 4. The minimum atomic E-state index is -0.519. The Bertz CT molecular complexity index is 416. The van der Waals surface area contributed by atoms with Gasteiger partial charge in [0.25, 0.3) is 0 Å². The van der Waals surface area contributed by atoms with E-state index in [1.165, 1.54) is 0 Å². The fraction of sp³-hybridized carbons (Fsp3) is 0.625. The monoisotopic (exact) mass is 279 g/mol. The van der Waals surface area contributed by atoms with E-state index in [9.17, 15) is 5.11 Å². The maximum Gasteiger partial charge on any atom is 0.119 e. The first kappa shape index (κ1) is 15.3. The second kappa shape index (κ2) is 7.07. The van der Waals surface area contributed by atoms with Crippen LogP contribution in [0.1, 0.15) is 25.3 Å². The van der Waals surface area contributed by atoms with E-state index in [1.54, 1.807) is 0 Å². The number of aliphatic hydroxyl groups excluding tert-OH is 1. The van der Waals surface area contributed by atoms with E-state index in [0.717, 1.165) is 30.8 Å². The summed E-state index contributed by atoms with van der Waals surface area (Å²) in [5.41, 5.74) is 1.13. The van der Waals surface area contributed by atoms with E-state index in [1.807, 2.05) is 31.2 Å². The first-order chi connectivity index (χ1) is 9.57. The van der Waals surface area contributed by atoms with Gasteiger partial charge in [0.2, 0.25) is 0 Å². The lowest BCUT2D eigenvalue weighted by Crippen LogP contribution is -2.51. The average Bonchev–Trinajstić information content (AvgIpc) is 2.44. The zero-order valence-corrected chi connectivity index (χ0v) is 12.4. The molecule has 2 unspecified atom stereocenters. The summed E-state index contributed by atoms with van der Waals surface area (Å²) in [5, 5.41) is 13.4. The molecule has 4 nitrogen and oxygen atoms in total. The van der Waals surface area contributed by atoms with Crippen LogP contribution in [0.3, 0.4) is 0 Å². The summed E-state index contributed by atoms with van der Waals surface area (Å²) >= 11 is 0. The number of ether oxygens (including phenoxy) is 2. The molecule has 0 aromatic heterocycles. The average molecular weight is 279 g/mol. The van der Waals surface area contributed by atoms with Gasteiger partial charge in [-0.25, -0.2) is 0 Å². The van der Waals surface area contributed by atoms with Crippen LogP contribution in [0.15, 0.2) is 24.3 Å². The predicted octanol–water partition coefficient (Wildman–Crippen LogP) is 1.89. The lowest BCUT2D eigenvalue weighted by molar-refractivity contribution is 0.0184. The normalized spacial score (nSPS) is 24.4. The summed E-state index contributed by atoms with van der Waals surface area (Å²) in [4.78, 5) is 0. The Labute approximate surface area is 121 Å². The Hall–Kier alpha value is -1.10. The molecule has 0 saturated carbocycles. The molecule has 1 heterocycles. The van der Waals surface area contributed by atoms with Crippen LogP contribution in [0, 0.1) is 6.92 Å². The maximum atomic E-state index is 10.00. The number of hydrogen-bond donors (Lipinski definition) is 2. The van der Waals surface area contributed by atoms with Gasteiger partial charge < -0.3 is 19.9 Å². The zero-order valence-electron chi connectivity index (χ0n) is 12.4. The summed E-state index contributed by atoms with van der Waals surface area (Å²) in [6.45, 7) is 6.53. The summed E-state index contributed by atoms with van der Waals surface area (Å²) in [6, 6.07) is 7.85. The Balaban J connectivity index is 1.71. The third-order valence-electron chi connectivity index (χ3n) is 3.63. The third kappa shape index (κ3) is 4.78. The van der Waals surface area contributed by atoms with Crippen molar-refractivity contribution in [3.05, 3.63) is 29.8 Å². The van der Waals surface area contributed by atoms with Gasteiger partial charge >= 0.3 is 0 Å². The van der Waals surface area contributed by atoms with E-state index in [4.69, 9.17) is 9.47 Å². The van der Waals surface area contributed by atoms with E-state index in [-0.39, 0.29) is 5.54 Å². The minimum Gasteiger partial charge on any atom is -0.491 e. The third-order valence-corrected chi connectivity index (χ3v) is 3.63. The lowest BCUT2D eigenvalue weighted by Gasteiger charge is -2.35. The minimum absolute atomic E-state index is 0.0252. The number of aryl methyl sites for hydroxylation is 1. The smallest absolute Gasteiger partial charge is 0.119 e. The molecule has 20 heavy (non-hydrogen) atoms. The van der Waals surface area contributed by atoms with Crippen molar-refractivity contribution in [2.75, 3.05) is 26.4 Å². The van der Waals surface area contributed by atoms with Crippen molar-refractivity contribution in [1.29, 1.82) is 0 Å². The van der Waals surface area contributed by atoms with Crippen LogP contribution in [-0.2, 0) is 4.74 Å². The van der Waals surface area contributed by atoms with Gasteiger partial charge in [-0.3, -0.25) is 0 Å². The largest absolute Gasteiger partial charge is 0.491 e. The fourth-order valence-corrected chi connectivity index (χ4v) is 2.39. The molecule has 1 aromatic carbocycles. The SMILES string of the molecule is Cc1cccc(OCC(O)CNC2(C)CCCOC2)c1. The molecule has 2 N–H and O–H groups in total. The molecule has 1 aromatic rings. The molecule has 4 heteroatoms. The van der Waals surface area contributed by atoms with Gasteiger partial charge in [0.15, 0.2) is 0 Å². The fourth-order valence-electron chi connectivity index (χ4n) is 2.39.